The summed E-state index contributed by atoms with van der Waals surface area (Å²) in [6.07, 6.45) is 1.26. The molecule has 0 spiro atoms. The van der Waals surface area contributed by atoms with Crippen LogP contribution in [0.5, 0.6) is 11.5 Å². The molecule has 0 N–H and O–H groups in total. The third kappa shape index (κ3) is 4.51. The van der Waals surface area contributed by atoms with Crippen molar-refractivity contribution in [1.29, 1.82) is 0 Å². The van der Waals surface area contributed by atoms with E-state index >= 15 is 0 Å². The van der Waals surface area contributed by atoms with Gasteiger partial charge in [0.1, 0.15) is 17.3 Å². The second-order valence-electron chi connectivity index (χ2n) is 9.40. The van der Waals surface area contributed by atoms with Crippen LogP contribution in [0, 0.1) is 0 Å². The highest BCUT2D eigenvalue weighted by molar-refractivity contribution is 5.98. The molecule has 1 unspecified atom stereocenters. The minimum Gasteiger partial charge on any atom is -0.495 e. The number of nitrogens with zero attached hydrogens (tertiary/aromatic N) is 3. The Labute approximate surface area is 216 Å². The maximum atomic E-state index is 13.1. The molecule has 6 nitrogen and oxygen atoms in total. The molecule has 2 heterocycles. The number of aryl methyl sites for hydroxylation is 1. The smallest absolute Gasteiger partial charge is 0.227 e. The van der Waals surface area contributed by atoms with E-state index < -0.39 is 0 Å². The molecule has 1 aliphatic rings. The number of hydrogen-bond donors (Lipinski definition) is 0. The lowest BCUT2D eigenvalue weighted by Crippen LogP contribution is -2.25. The number of carbonyl (C=O) groups excluding carboxylic acids is 1. The number of amides is 1. The number of fused-ring (bicyclic) bond motifs is 2. The SMILES string of the molecule is COc1ccccc1N1CC(c2nc3ccccc3n2CCCOc2ccc3ccccc3c2)CC1=O. The van der Waals surface area contributed by atoms with Gasteiger partial charge in [0.15, 0.2) is 0 Å². The van der Waals surface area contributed by atoms with Crippen molar-refractivity contribution in [1.82, 2.24) is 9.55 Å². The van der Waals surface area contributed by atoms with Crippen molar-refractivity contribution in [3.05, 3.63) is 96.8 Å². The first-order valence-electron chi connectivity index (χ1n) is 12.7. The highest BCUT2D eigenvalue weighted by Crippen LogP contribution is 2.37. The summed E-state index contributed by atoms with van der Waals surface area (Å²) in [4.78, 5) is 19.9. The lowest BCUT2D eigenvalue weighted by atomic mass is 10.1. The number of imidazole rings is 1. The van der Waals surface area contributed by atoms with E-state index in [1.165, 1.54) is 10.8 Å². The fourth-order valence-corrected chi connectivity index (χ4v) is 5.28. The van der Waals surface area contributed by atoms with Crippen molar-refractivity contribution in [3.63, 3.8) is 0 Å². The van der Waals surface area contributed by atoms with E-state index in [-0.39, 0.29) is 11.8 Å². The lowest BCUT2D eigenvalue weighted by molar-refractivity contribution is -0.117. The zero-order chi connectivity index (χ0) is 25.2. The van der Waals surface area contributed by atoms with E-state index in [0.717, 1.165) is 41.3 Å². The molecule has 5 aromatic rings. The molecular formula is C31H29N3O3. The van der Waals surface area contributed by atoms with Gasteiger partial charge in [0.25, 0.3) is 0 Å². The summed E-state index contributed by atoms with van der Waals surface area (Å²) in [5.41, 5.74) is 2.85. The van der Waals surface area contributed by atoms with E-state index in [0.29, 0.717) is 25.3 Å². The van der Waals surface area contributed by atoms with Crippen LogP contribution in [-0.4, -0.2) is 35.7 Å². The average molecular weight is 492 g/mol. The maximum Gasteiger partial charge on any atom is 0.227 e. The predicted octanol–water partition coefficient (Wildman–Crippen LogP) is 6.19. The quantitative estimate of drug-likeness (QED) is 0.243. The summed E-state index contributed by atoms with van der Waals surface area (Å²) >= 11 is 0. The zero-order valence-electron chi connectivity index (χ0n) is 20.8. The molecule has 0 saturated carbocycles. The minimum absolute atomic E-state index is 0.00576. The van der Waals surface area contributed by atoms with Crippen LogP contribution in [0.1, 0.15) is 24.6 Å². The Bertz CT molecular complexity index is 1570. The van der Waals surface area contributed by atoms with Crippen LogP contribution in [0.2, 0.25) is 0 Å². The van der Waals surface area contributed by atoms with Gasteiger partial charge in [0.2, 0.25) is 5.91 Å². The Hall–Kier alpha value is -4.32. The molecule has 0 bridgehead atoms. The average Bonchev–Trinajstić information content (AvgIpc) is 3.51. The van der Waals surface area contributed by atoms with Crippen LogP contribution in [0.15, 0.2) is 91.0 Å². The van der Waals surface area contributed by atoms with Crippen LogP contribution in [0.4, 0.5) is 5.69 Å². The molecule has 6 rings (SSSR count). The second kappa shape index (κ2) is 9.97. The molecule has 0 aliphatic carbocycles. The highest BCUT2D eigenvalue weighted by Gasteiger charge is 2.35. The monoisotopic (exact) mass is 491 g/mol. The summed E-state index contributed by atoms with van der Waals surface area (Å²) in [6, 6.07) is 30.4. The zero-order valence-corrected chi connectivity index (χ0v) is 20.8. The van der Waals surface area contributed by atoms with Crippen molar-refractivity contribution >= 4 is 33.4 Å². The van der Waals surface area contributed by atoms with Crippen LogP contribution < -0.4 is 14.4 Å². The minimum atomic E-state index is 0.00576. The van der Waals surface area contributed by atoms with Gasteiger partial charge in [-0.3, -0.25) is 4.79 Å². The van der Waals surface area contributed by atoms with E-state index in [4.69, 9.17) is 14.5 Å². The van der Waals surface area contributed by atoms with Crippen LogP contribution >= 0.6 is 0 Å². The maximum absolute atomic E-state index is 13.1. The Morgan fingerprint density at radius 2 is 1.70 bits per heavy atom. The predicted molar refractivity (Wildman–Crippen MR) is 146 cm³/mol. The first-order valence-corrected chi connectivity index (χ1v) is 12.7. The van der Waals surface area contributed by atoms with Crippen molar-refractivity contribution in [2.24, 2.45) is 0 Å². The Balaban J connectivity index is 1.20. The molecule has 186 valence electrons. The Morgan fingerprint density at radius 3 is 2.59 bits per heavy atom. The van der Waals surface area contributed by atoms with E-state index in [2.05, 4.69) is 34.9 Å². The number of rotatable bonds is 8. The van der Waals surface area contributed by atoms with Crippen molar-refractivity contribution < 1.29 is 14.3 Å². The molecule has 1 amide bonds. The lowest BCUT2D eigenvalue weighted by Gasteiger charge is -2.20. The summed E-state index contributed by atoms with van der Waals surface area (Å²) in [5, 5.41) is 2.38. The first-order chi connectivity index (χ1) is 18.2. The fourth-order valence-electron chi connectivity index (χ4n) is 5.28. The van der Waals surface area contributed by atoms with Gasteiger partial charge in [0.05, 0.1) is 30.4 Å². The molecule has 1 saturated heterocycles. The molecular weight excluding hydrogens is 462 g/mol. The van der Waals surface area contributed by atoms with Gasteiger partial charge in [-0.05, 0) is 53.6 Å². The Morgan fingerprint density at radius 1 is 0.919 bits per heavy atom. The molecule has 1 aliphatic heterocycles. The summed E-state index contributed by atoms with van der Waals surface area (Å²) in [5.74, 6) is 2.63. The summed E-state index contributed by atoms with van der Waals surface area (Å²) in [7, 11) is 1.64. The number of benzene rings is 4. The number of ether oxygens (including phenoxy) is 2. The molecule has 0 radical (unpaired) electrons. The fraction of sp³-hybridized carbons (Fsp3) is 0.226. The number of anilines is 1. The number of methoxy groups -OCH3 is 1. The largest absolute Gasteiger partial charge is 0.495 e. The van der Waals surface area contributed by atoms with Gasteiger partial charge >= 0.3 is 0 Å². The molecule has 37 heavy (non-hydrogen) atoms. The summed E-state index contributed by atoms with van der Waals surface area (Å²) in [6.45, 7) is 1.94. The Kier molecular flexibility index (Phi) is 6.23. The normalized spacial score (nSPS) is 15.5. The first kappa shape index (κ1) is 23.1. The second-order valence-corrected chi connectivity index (χ2v) is 9.40. The molecule has 1 atom stereocenters. The number of carbonyl (C=O) groups is 1. The molecule has 1 aromatic heterocycles. The molecule has 1 fully saturated rings. The van der Waals surface area contributed by atoms with E-state index in [1.54, 1.807) is 7.11 Å². The topological polar surface area (TPSA) is 56.6 Å². The van der Waals surface area contributed by atoms with Crippen molar-refractivity contribution in [3.8, 4) is 11.5 Å². The molecule has 4 aromatic carbocycles. The van der Waals surface area contributed by atoms with E-state index in [9.17, 15) is 4.79 Å². The van der Waals surface area contributed by atoms with Crippen molar-refractivity contribution in [2.75, 3.05) is 25.2 Å². The van der Waals surface area contributed by atoms with Gasteiger partial charge < -0.3 is 18.9 Å². The van der Waals surface area contributed by atoms with Gasteiger partial charge in [-0.1, -0.05) is 54.6 Å². The van der Waals surface area contributed by atoms with Crippen LogP contribution in [0.3, 0.4) is 0 Å². The number of hydrogen-bond acceptors (Lipinski definition) is 4. The summed E-state index contributed by atoms with van der Waals surface area (Å²) < 4.78 is 13.9. The standard InChI is InChI=1S/C31H29N3O3/c1-36-29-14-7-6-13-28(29)34-21-24(20-30(34)35)31-32-26-11-4-5-12-27(26)33(31)17-8-18-37-25-16-15-22-9-2-3-10-23(22)19-25/h2-7,9-16,19,24H,8,17-18,20-21H2,1H3. The van der Waals surface area contributed by atoms with Gasteiger partial charge in [-0.2, -0.15) is 0 Å². The van der Waals surface area contributed by atoms with Crippen molar-refractivity contribution in [2.45, 2.75) is 25.3 Å². The van der Waals surface area contributed by atoms with Gasteiger partial charge in [-0.25, -0.2) is 4.98 Å². The number of para-hydroxylation sites is 4. The highest BCUT2D eigenvalue weighted by atomic mass is 16.5. The van der Waals surface area contributed by atoms with Gasteiger partial charge in [-0.15, -0.1) is 0 Å². The third-order valence-corrected chi connectivity index (χ3v) is 7.07. The van der Waals surface area contributed by atoms with E-state index in [1.807, 2.05) is 65.6 Å². The third-order valence-electron chi connectivity index (χ3n) is 7.07. The van der Waals surface area contributed by atoms with Crippen LogP contribution in [0.25, 0.3) is 21.8 Å². The molecule has 6 heteroatoms. The number of aromatic nitrogens is 2. The van der Waals surface area contributed by atoms with Crippen LogP contribution in [-0.2, 0) is 11.3 Å². The van der Waals surface area contributed by atoms with Gasteiger partial charge in [0, 0.05) is 25.4 Å².